The predicted molar refractivity (Wildman–Crippen MR) is 111 cm³/mol. The molecule has 2 aromatic carbocycles. The van der Waals surface area contributed by atoms with Crippen molar-refractivity contribution in [2.75, 3.05) is 4.72 Å². The van der Waals surface area contributed by atoms with Crippen molar-refractivity contribution in [1.29, 1.82) is 0 Å². The van der Waals surface area contributed by atoms with Gasteiger partial charge < -0.3 is 5.11 Å². The minimum atomic E-state index is -4.70. The molecule has 1 heterocycles. The highest BCUT2D eigenvalue weighted by Crippen LogP contribution is 2.37. The van der Waals surface area contributed by atoms with Crippen molar-refractivity contribution in [1.82, 2.24) is 9.78 Å². The number of hydrogen-bond acceptors (Lipinski definition) is 4. The third kappa shape index (κ3) is 5.08. The van der Waals surface area contributed by atoms with Crippen LogP contribution in [0.5, 0.6) is 5.75 Å². The molecule has 166 valence electrons. The number of nitrogens with one attached hydrogen (secondary N) is 1. The van der Waals surface area contributed by atoms with Crippen LogP contribution in [0.3, 0.4) is 0 Å². The average Bonchev–Trinajstić information content (AvgIpc) is 2.95. The Balaban J connectivity index is 2.10. The number of phenols is 1. The van der Waals surface area contributed by atoms with Crippen LogP contribution in [0.4, 0.5) is 18.9 Å². The van der Waals surface area contributed by atoms with Crippen LogP contribution in [0, 0.1) is 13.8 Å². The first-order valence-corrected chi connectivity index (χ1v) is 10.9. The Hall–Kier alpha value is -2.43. The number of phenolic OH excluding ortho intramolecular Hbond substituents is 1. The number of benzene rings is 2. The molecule has 0 aliphatic heterocycles. The molecule has 0 fully saturated rings. The van der Waals surface area contributed by atoms with Gasteiger partial charge in [0.1, 0.15) is 4.90 Å². The molecular formula is C19H16Cl2F3N3O3S. The molecule has 0 aliphatic rings. The maximum Gasteiger partial charge on any atom is 0.416 e. The van der Waals surface area contributed by atoms with Crippen molar-refractivity contribution in [3.05, 3.63) is 69.0 Å². The fourth-order valence-electron chi connectivity index (χ4n) is 2.93. The van der Waals surface area contributed by atoms with Gasteiger partial charge in [-0.2, -0.15) is 18.3 Å². The van der Waals surface area contributed by atoms with E-state index in [4.69, 9.17) is 23.2 Å². The van der Waals surface area contributed by atoms with Crippen LogP contribution < -0.4 is 4.72 Å². The number of aromatic hydroxyl groups is 1. The Morgan fingerprint density at radius 1 is 1.13 bits per heavy atom. The predicted octanol–water partition coefficient (Wildman–Crippen LogP) is 5.38. The maximum atomic E-state index is 13.3. The number of nitrogens with zero attached hydrogens (tertiary/aromatic N) is 2. The van der Waals surface area contributed by atoms with E-state index in [9.17, 15) is 26.7 Å². The molecule has 2 N–H and O–H groups in total. The van der Waals surface area contributed by atoms with Crippen LogP contribution in [0.1, 0.15) is 22.5 Å². The number of rotatable bonds is 5. The van der Waals surface area contributed by atoms with Crippen LogP contribution in [0.25, 0.3) is 0 Å². The molecule has 0 spiro atoms. The van der Waals surface area contributed by atoms with Gasteiger partial charge in [-0.05, 0) is 49.7 Å². The summed E-state index contributed by atoms with van der Waals surface area (Å²) >= 11 is 11.6. The lowest BCUT2D eigenvalue weighted by Crippen LogP contribution is -2.17. The van der Waals surface area contributed by atoms with Gasteiger partial charge in [0.2, 0.25) is 0 Å². The Morgan fingerprint density at radius 3 is 2.39 bits per heavy atom. The van der Waals surface area contributed by atoms with E-state index in [2.05, 4.69) is 9.82 Å². The second kappa shape index (κ2) is 8.25. The molecule has 0 unspecified atom stereocenters. The van der Waals surface area contributed by atoms with Crippen LogP contribution in [0.15, 0.2) is 41.3 Å². The Bertz CT molecular complexity index is 1260. The van der Waals surface area contributed by atoms with Crippen LogP contribution in [-0.2, 0) is 22.7 Å². The summed E-state index contributed by atoms with van der Waals surface area (Å²) in [5.74, 6) is -0.773. The van der Waals surface area contributed by atoms with Gasteiger partial charge in [0.15, 0.2) is 5.75 Å². The largest absolute Gasteiger partial charge is 0.505 e. The molecule has 0 aliphatic carbocycles. The topological polar surface area (TPSA) is 84.2 Å². The van der Waals surface area contributed by atoms with Crippen molar-refractivity contribution >= 4 is 38.9 Å². The van der Waals surface area contributed by atoms with E-state index in [1.165, 1.54) is 10.7 Å². The van der Waals surface area contributed by atoms with Crippen molar-refractivity contribution in [3.63, 3.8) is 0 Å². The van der Waals surface area contributed by atoms with E-state index >= 15 is 0 Å². The highest BCUT2D eigenvalue weighted by molar-refractivity contribution is 7.92. The van der Waals surface area contributed by atoms with Crippen LogP contribution >= 0.6 is 23.2 Å². The number of anilines is 1. The van der Waals surface area contributed by atoms with Gasteiger partial charge >= 0.3 is 6.18 Å². The number of alkyl halides is 3. The lowest BCUT2D eigenvalue weighted by atomic mass is 10.1. The van der Waals surface area contributed by atoms with Gasteiger partial charge in [-0.15, -0.1) is 0 Å². The van der Waals surface area contributed by atoms with E-state index in [0.717, 1.165) is 23.9 Å². The van der Waals surface area contributed by atoms with Gasteiger partial charge in [-0.1, -0.05) is 29.3 Å². The summed E-state index contributed by atoms with van der Waals surface area (Å²) < 4.78 is 69.1. The molecule has 12 heteroatoms. The maximum absolute atomic E-state index is 13.3. The zero-order valence-corrected chi connectivity index (χ0v) is 18.5. The van der Waals surface area contributed by atoms with Crippen LogP contribution in [0.2, 0.25) is 10.0 Å². The third-order valence-electron chi connectivity index (χ3n) is 4.39. The van der Waals surface area contributed by atoms with E-state index in [-0.39, 0.29) is 27.8 Å². The molecule has 0 amide bonds. The highest BCUT2D eigenvalue weighted by Gasteiger charge is 2.32. The first-order valence-electron chi connectivity index (χ1n) is 8.70. The quantitative estimate of drug-likeness (QED) is 0.499. The smallest absolute Gasteiger partial charge is 0.416 e. The second-order valence-corrected chi connectivity index (χ2v) is 9.29. The SMILES string of the molecule is Cc1cc(C)n(Cc2ccc(C(F)(F)F)cc2NS(=O)(=O)c2cc(Cl)cc(Cl)c2O)n1. The number of hydrogen-bond donors (Lipinski definition) is 2. The van der Waals surface area contributed by atoms with Crippen molar-refractivity contribution in [3.8, 4) is 5.75 Å². The van der Waals surface area contributed by atoms with Crippen molar-refractivity contribution in [2.45, 2.75) is 31.5 Å². The standard InChI is InChI=1S/C19H16Cl2F3N3O3S/c1-10-5-11(2)27(25-10)9-12-3-4-13(19(22,23)24)6-16(12)26-31(29,30)17-8-14(20)7-15(21)18(17)28/h3-8,26,28H,9H2,1-2H3. The highest BCUT2D eigenvalue weighted by atomic mass is 35.5. The van der Waals surface area contributed by atoms with E-state index in [1.54, 1.807) is 19.9 Å². The van der Waals surface area contributed by atoms with E-state index in [0.29, 0.717) is 11.8 Å². The lowest BCUT2D eigenvalue weighted by Gasteiger charge is -2.17. The summed E-state index contributed by atoms with van der Waals surface area (Å²) in [4.78, 5) is -0.667. The number of aromatic nitrogens is 2. The third-order valence-corrected chi connectivity index (χ3v) is 6.27. The number of sulfonamides is 1. The van der Waals surface area contributed by atoms with Gasteiger partial charge in [-0.25, -0.2) is 8.42 Å². The van der Waals surface area contributed by atoms with Gasteiger partial charge in [-0.3, -0.25) is 9.40 Å². The van der Waals surface area contributed by atoms with Crippen LogP contribution in [-0.4, -0.2) is 23.3 Å². The molecular weight excluding hydrogens is 478 g/mol. The first kappa shape index (κ1) is 23.2. The molecule has 6 nitrogen and oxygen atoms in total. The monoisotopic (exact) mass is 493 g/mol. The van der Waals surface area contributed by atoms with E-state index < -0.39 is 32.4 Å². The zero-order chi connectivity index (χ0) is 23.1. The summed E-state index contributed by atoms with van der Waals surface area (Å²) in [6.07, 6.45) is -4.70. The Labute approximate surface area is 186 Å². The fourth-order valence-corrected chi connectivity index (χ4v) is 4.78. The van der Waals surface area contributed by atoms with Gasteiger partial charge in [0.05, 0.1) is 28.5 Å². The summed E-state index contributed by atoms with van der Waals surface area (Å²) in [7, 11) is -4.54. The number of halogens is 5. The van der Waals surface area contributed by atoms with Crippen molar-refractivity contribution < 1.29 is 26.7 Å². The Kier molecular flexibility index (Phi) is 6.18. The molecule has 0 atom stereocenters. The normalized spacial score (nSPS) is 12.2. The molecule has 0 bridgehead atoms. The summed E-state index contributed by atoms with van der Waals surface area (Å²) in [5, 5.41) is 13.9. The van der Waals surface area contributed by atoms with Gasteiger partial charge in [0, 0.05) is 10.7 Å². The van der Waals surface area contributed by atoms with Crippen molar-refractivity contribution in [2.24, 2.45) is 0 Å². The first-order chi connectivity index (χ1) is 14.3. The average molecular weight is 494 g/mol. The Morgan fingerprint density at radius 2 is 1.81 bits per heavy atom. The van der Waals surface area contributed by atoms with Gasteiger partial charge in [0.25, 0.3) is 10.0 Å². The lowest BCUT2D eigenvalue weighted by molar-refractivity contribution is -0.137. The number of aryl methyl sites for hydroxylation is 2. The molecule has 0 saturated heterocycles. The minimum Gasteiger partial charge on any atom is -0.505 e. The molecule has 3 aromatic rings. The minimum absolute atomic E-state index is 0.0119. The van der Waals surface area contributed by atoms with E-state index in [1.807, 2.05) is 0 Å². The summed E-state index contributed by atoms with van der Waals surface area (Å²) in [5.41, 5.74) is 0.305. The molecule has 1 aromatic heterocycles. The zero-order valence-electron chi connectivity index (χ0n) is 16.1. The fraction of sp³-hybridized carbons (Fsp3) is 0.211. The molecule has 0 radical (unpaired) electrons. The summed E-state index contributed by atoms with van der Waals surface area (Å²) in [6, 6.07) is 6.56. The molecule has 0 saturated carbocycles. The molecule has 31 heavy (non-hydrogen) atoms. The summed E-state index contributed by atoms with van der Waals surface area (Å²) in [6.45, 7) is 3.53. The second-order valence-electron chi connectivity index (χ2n) is 6.79. The molecule has 3 rings (SSSR count).